The lowest BCUT2D eigenvalue weighted by molar-refractivity contribution is -0.121. The van der Waals surface area contributed by atoms with E-state index in [1.807, 2.05) is 17.5 Å². The maximum absolute atomic E-state index is 11.4. The highest BCUT2D eigenvalue weighted by Gasteiger charge is 2.19. The van der Waals surface area contributed by atoms with Gasteiger partial charge in [-0.1, -0.05) is 6.07 Å². The van der Waals surface area contributed by atoms with Crippen molar-refractivity contribution in [1.29, 1.82) is 0 Å². The summed E-state index contributed by atoms with van der Waals surface area (Å²) in [5, 5.41) is 8.26. The van der Waals surface area contributed by atoms with Gasteiger partial charge in [-0.05, 0) is 24.3 Å². The molecule has 0 aromatic carbocycles. The van der Waals surface area contributed by atoms with Crippen molar-refractivity contribution in [3.05, 3.63) is 22.4 Å². The molecule has 82 valence electrons. The van der Waals surface area contributed by atoms with E-state index in [1.54, 1.807) is 11.3 Å². The van der Waals surface area contributed by atoms with Gasteiger partial charge in [-0.15, -0.1) is 11.3 Å². The van der Waals surface area contributed by atoms with E-state index in [2.05, 4.69) is 10.6 Å². The van der Waals surface area contributed by atoms with Crippen molar-refractivity contribution in [2.24, 2.45) is 0 Å². The Hall–Kier alpha value is -0.870. The van der Waals surface area contributed by atoms with Crippen LogP contribution in [0.1, 0.15) is 24.1 Å². The Kier molecular flexibility index (Phi) is 3.75. The summed E-state index contributed by atoms with van der Waals surface area (Å²) >= 11 is 1.67. The first kappa shape index (κ1) is 10.6. The van der Waals surface area contributed by atoms with Crippen LogP contribution >= 0.6 is 11.3 Å². The van der Waals surface area contributed by atoms with Gasteiger partial charge in [0.2, 0.25) is 5.91 Å². The Morgan fingerprint density at radius 2 is 2.40 bits per heavy atom. The zero-order chi connectivity index (χ0) is 10.5. The second-order valence-electron chi connectivity index (χ2n) is 3.83. The summed E-state index contributed by atoms with van der Waals surface area (Å²) in [6, 6.07) is 4.73. The van der Waals surface area contributed by atoms with Crippen LogP contribution in [0.2, 0.25) is 0 Å². The molecule has 0 bridgehead atoms. The first-order chi connectivity index (χ1) is 7.34. The monoisotopic (exact) mass is 224 g/mol. The minimum absolute atomic E-state index is 0.136. The summed E-state index contributed by atoms with van der Waals surface area (Å²) in [5.41, 5.74) is 0. The van der Waals surface area contributed by atoms with E-state index in [9.17, 15) is 4.79 Å². The maximum atomic E-state index is 11.4. The molecular weight excluding hydrogens is 208 g/mol. The van der Waals surface area contributed by atoms with Crippen LogP contribution in [-0.4, -0.2) is 18.5 Å². The number of carbonyl (C=O) groups excluding carboxylic acids is 1. The molecule has 2 N–H and O–H groups in total. The highest BCUT2D eigenvalue weighted by Crippen LogP contribution is 2.18. The van der Waals surface area contributed by atoms with Gasteiger partial charge in [0, 0.05) is 23.9 Å². The van der Waals surface area contributed by atoms with E-state index in [0.717, 1.165) is 6.54 Å². The number of hydrogen-bond acceptors (Lipinski definition) is 3. The van der Waals surface area contributed by atoms with Crippen molar-refractivity contribution in [3.63, 3.8) is 0 Å². The second kappa shape index (κ2) is 5.28. The summed E-state index contributed by atoms with van der Waals surface area (Å²) in [6.07, 6.45) is 3.13. The van der Waals surface area contributed by atoms with Crippen LogP contribution in [-0.2, 0) is 11.3 Å². The Balaban J connectivity index is 1.55. The van der Waals surface area contributed by atoms with Crippen molar-refractivity contribution in [2.45, 2.75) is 31.8 Å². The highest BCUT2D eigenvalue weighted by atomic mass is 32.1. The third kappa shape index (κ3) is 4.01. The molecule has 1 fully saturated rings. The van der Waals surface area contributed by atoms with Crippen molar-refractivity contribution in [1.82, 2.24) is 10.6 Å². The summed E-state index contributed by atoms with van der Waals surface area (Å²) in [7, 11) is 0. The number of nitrogens with one attached hydrogen (secondary N) is 2. The van der Waals surface area contributed by atoms with Crippen LogP contribution in [0.3, 0.4) is 0 Å². The molecule has 0 atom stereocenters. The molecular formula is C11H16N2OS. The minimum Gasteiger partial charge on any atom is -0.351 e. The molecule has 1 saturated carbocycles. The van der Waals surface area contributed by atoms with Gasteiger partial charge in [0.15, 0.2) is 0 Å². The minimum atomic E-state index is 0.136. The molecule has 4 heteroatoms. The van der Waals surface area contributed by atoms with E-state index in [0.29, 0.717) is 19.0 Å². The molecule has 1 aromatic heterocycles. The van der Waals surface area contributed by atoms with E-state index in [1.165, 1.54) is 17.7 Å². The van der Waals surface area contributed by atoms with Crippen LogP contribution in [0.25, 0.3) is 0 Å². The zero-order valence-corrected chi connectivity index (χ0v) is 9.48. The summed E-state index contributed by atoms with van der Waals surface area (Å²) in [4.78, 5) is 12.6. The lowest BCUT2D eigenvalue weighted by Gasteiger charge is -2.04. The predicted octanol–water partition coefficient (Wildman–Crippen LogP) is 1.51. The molecule has 0 saturated heterocycles. The fourth-order valence-corrected chi connectivity index (χ4v) is 2.01. The maximum Gasteiger partial charge on any atom is 0.221 e. The quantitative estimate of drug-likeness (QED) is 0.769. The van der Waals surface area contributed by atoms with Gasteiger partial charge in [0.1, 0.15) is 0 Å². The Labute approximate surface area is 93.9 Å². The molecule has 1 amide bonds. The Morgan fingerprint density at radius 3 is 3.07 bits per heavy atom. The lowest BCUT2D eigenvalue weighted by Crippen LogP contribution is -2.27. The van der Waals surface area contributed by atoms with Gasteiger partial charge in [0.25, 0.3) is 0 Å². The fraction of sp³-hybridized carbons (Fsp3) is 0.545. The highest BCUT2D eigenvalue weighted by molar-refractivity contribution is 7.09. The van der Waals surface area contributed by atoms with Crippen molar-refractivity contribution in [2.75, 3.05) is 6.54 Å². The molecule has 0 unspecified atom stereocenters. The topological polar surface area (TPSA) is 41.1 Å². The Bertz CT molecular complexity index is 306. The van der Waals surface area contributed by atoms with Gasteiger partial charge in [-0.3, -0.25) is 4.79 Å². The van der Waals surface area contributed by atoms with Gasteiger partial charge in [0.05, 0.1) is 6.54 Å². The molecule has 3 nitrogen and oxygen atoms in total. The summed E-state index contributed by atoms with van der Waals surface area (Å²) in [6.45, 7) is 1.47. The van der Waals surface area contributed by atoms with Crippen LogP contribution in [0.4, 0.5) is 0 Å². The summed E-state index contributed by atoms with van der Waals surface area (Å²) < 4.78 is 0. The van der Waals surface area contributed by atoms with Crippen LogP contribution in [0, 0.1) is 0 Å². The normalized spacial score (nSPS) is 15.2. The first-order valence-corrected chi connectivity index (χ1v) is 6.25. The molecule has 2 rings (SSSR count). The van der Waals surface area contributed by atoms with Crippen molar-refractivity contribution < 1.29 is 4.79 Å². The molecule has 0 aliphatic heterocycles. The fourth-order valence-electron chi connectivity index (χ4n) is 1.36. The van der Waals surface area contributed by atoms with E-state index in [-0.39, 0.29) is 5.91 Å². The number of carbonyl (C=O) groups is 1. The third-order valence-electron chi connectivity index (χ3n) is 2.40. The summed E-state index contributed by atoms with van der Waals surface area (Å²) in [5.74, 6) is 0.136. The van der Waals surface area contributed by atoms with Gasteiger partial charge < -0.3 is 10.6 Å². The molecule has 15 heavy (non-hydrogen) atoms. The number of hydrogen-bond donors (Lipinski definition) is 2. The number of rotatable bonds is 6. The Morgan fingerprint density at radius 1 is 1.53 bits per heavy atom. The molecule has 1 aliphatic carbocycles. The smallest absolute Gasteiger partial charge is 0.221 e. The average Bonchev–Trinajstić information content (AvgIpc) is 2.91. The van der Waals surface area contributed by atoms with Gasteiger partial charge in [-0.2, -0.15) is 0 Å². The van der Waals surface area contributed by atoms with Crippen molar-refractivity contribution in [3.8, 4) is 0 Å². The van der Waals surface area contributed by atoms with Crippen LogP contribution in [0.15, 0.2) is 17.5 Å². The first-order valence-electron chi connectivity index (χ1n) is 5.37. The lowest BCUT2D eigenvalue weighted by atomic mass is 10.3. The van der Waals surface area contributed by atoms with E-state index >= 15 is 0 Å². The molecule has 1 aliphatic rings. The number of thiophene rings is 1. The average molecular weight is 224 g/mol. The predicted molar refractivity (Wildman–Crippen MR) is 61.8 cm³/mol. The standard InChI is InChI=1S/C11H16N2OS/c14-11(5-6-12-9-3-4-9)13-8-10-2-1-7-15-10/h1-2,7,9,12H,3-6,8H2,(H,13,14). The van der Waals surface area contributed by atoms with E-state index < -0.39 is 0 Å². The molecule has 0 radical (unpaired) electrons. The molecule has 1 heterocycles. The second-order valence-corrected chi connectivity index (χ2v) is 4.87. The van der Waals surface area contributed by atoms with Crippen molar-refractivity contribution >= 4 is 17.2 Å². The van der Waals surface area contributed by atoms with Gasteiger partial charge in [-0.25, -0.2) is 0 Å². The number of amides is 1. The third-order valence-corrected chi connectivity index (χ3v) is 3.28. The molecule has 1 aromatic rings. The molecule has 0 spiro atoms. The van der Waals surface area contributed by atoms with Crippen LogP contribution in [0.5, 0.6) is 0 Å². The zero-order valence-electron chi connectivity index (χ0n) is 8.66. The van der Waals surface area contributed by atoms with Crippen LogP contribution < -0.4 is 10.6 Å². The SMILES string of the molecule is O=C(CCNC1CC1)NCc1cccs1. The van der Waals surface area contributed by atoms with Gasteiger partial charge >= 0.3 is 0 Å². The largest absolute Gasteiger partial charge is 0.351 e. The van der Waals surface area contributed by atoms with E-state index in [4.69, 9.17) is 0 Å².